The van der Waals surface area contributed by atoms with Crippen molar-refractivity contribution in [3.05, 3.63) is 34.9 Å². The van der Waals surface area contributed by atoms with Gasteiger partial charge in [-0.15, -0.1) is 0 Å². The second-order valence-electron chi connectivity index (χ2n) is 5.13. The van der Waals surface area contributed by atoms with E-state index in [1.807, 2.05) is 18.2 Å². The lowest BCUT2D eigenvalue weighted by molar-refractivity contribution is -0.0561. The smallest absolute Gasteiger partial charge is 0.0976 e. The highest BCUT2D eigenvalue weighted by atomic mass is 35.5. The van der Waals surface area contributed by atoms with E-state index < -0.39 is 0 Å². The number of ether oxygens (including phenoxy) is 1. The number of morpholine rings is 1. The molecular weight excluding hydrogens is 234 g/mol. The molecule has 3 unspecified atom stereocenters. The Morgan fingerprint density at radius 1 is 1.53 bits per heavy atom. The van der Waals surface area contributed by atoms with Crippen LogP contribution in [0.25, 0.3) is 0 Å². The van der Waals surface area contributed by atoms with E-state index in [4.69, 9.17) is 16.3 Å². The van der Waals surface area contributed by atoms with Crippen LogP contribution in [0.3, 0.4) is 0 Å². The third-order valence-electron chi connectivity index (χ3n) is 3.57. The van der Waals surface area contributed by atoms with Gasteiger partial charge in [-0.3, -0.25) is 0 Å². The molecule has 0 aliphatic carbocycles. The van der Waals surface area contributed by atoms with Crippen molar-refractivity contribution in [3.8, 4) is 0 Å². The van der Waals surface area contributed by atoms with Gasteiger partial charge in [-0.05, 0) is 38.0 Å². The SMILES string of the molecule is CCC1(C)COC(c2cccc(Cl)c2)C(C)N1. The molecule has 1 aliphatic rings. The first-order valence-electron chi connectivity index (χ1n) is 6.19. The minimum Gasteiger partial charge on any atom is -0.370 e. The molecular formula is C14H20ClNO. The van der Waals surface area contributed by atoms with E-state index in [1.165, 1.54) is 0 Å². The Balaban J connectivity index is 2.15. The average Bonchev–Trinajstić information content (AvgIpc) is 2.29. The number of halogens is 1. The Bertz CT molecular complexity index is 396. The van der Waals surface area contributed by atoms with Crippen LogP contribution in [-0.2, 0) is 4.74 Å². The number of rotatable bonds is 2. The molecule has 0 bridgehead atoms. The van der Waals surface area contributed by atoms with Crippen molar-refractivity contribution >= 4 is 11.6 Å². The molecule has 0 amide bonds. The van der Waals surface area contributed by atoms with Crippen LogP contribution in [0.2, 0.25) is 5.02 Å². The van der Waals surface area contributed by atoms with E-state index in [0.29, 0.717) is 6.04 Å². The zero-order valence-electron chi connectivity index (χ0n) is 10.7. The predicted molar refractivity (Wildman–Crippen MR) is 71.4 cm³/mol. The van der Waals surface area contributed by atoms with E-state index in [2.05, 4.69) is 32.2 Å². The monoisotopic (exact) mass is 253 g/mol. The second kappa shape index (κ2) is 4.97. The molecule has 3 atom stereocenters. The third kappa shape index (κ3) is 2.82. The Labute approximate surface area is 108 Å². The van der Waals surface area contributed by atoms with Crippen LogP contribution >= 0.6 is 11.6 Å². The third-order valence-corrected chi connectivity index (χ3v) is 3.80. The van der Waals surface area contributed by atoms with Gasteiger partial charge in [-0.1, -0.05) is 30.7 Å². The summed E-state index contributed by atoms with van der Waals surface area (Å²) in [6.45, 7) is 7.30. The highest BCUT2D eigenvalue weighted by molar-refractivity contribution is 6.30. The first-order chi connectivity index (χ1) is 8.04. The van der Waals surface area contributed by atoms with Crippen LogP contribution < -0.4 is 5.32 Å². The van der Waals surface area contributed by atoms with Gasteiger partial charge in [0.15, 0.2) is 0 Å². The normalized spacial score (nSPS) is 33.6. The minimum absolute atomic E-state index is 0.0910. The zero-order chi connectivity index (χ0) is 12.5. The molecule has 0 radical (unpaired) electrons. The quantitative estimate of drug-likeness (QED) is 0.870. The van der Waals surface area contributed by atoms with Crippen LogP contribution in [-0.4, -0.2) is 18.2 Å². The standard InChI is InChI=1S/C14H20ClNO/c1-4-14(3)9-17-13(10(2)16-14)11-6-5-7-12(15)8-11/h5-8,10,13,16H,4,9H2,1-3H3. The van der Waals surface area contributed by atoms with Gasteiger partial charge in [0.2, 0.25) is 0 Å². The number of hydrogen-bond donors (Lipinski definition) is 1. The molecule has 0 aromatic heterocycles. The summed E-state index contributed by atoms with van der Waals surface area (Å²) >= 11 is 6.02. The Kier molecular flexibility index (Phi) is 3.76. The second-order valence-corrected chi connectivity index (χ2v) is 5.57. The highest BCUT2D eigenvalue weighted by Crippen LogP contribution is 2.30. The fourth-order valence-electron chi connectivity index (χ4n) is 2.36. The maximum atomic E-state index is 6.02. The molecule has 1 aliphatic heterocycles. The van der Waals surface area contributed by atoms with Gasteiger partial charge in [0.1, 0.15) is 0 Å². The van der Waals surface area contributed by atoms with E-state index in [0.717, 1.165) is 23.6 Å². The Morgan fingerprint density at radius 3 is 2.88 bits per heavy atom. The summed E-state index contributed by atoms with van der Waals surface area (Å²) < 4.78 is 6.02. The van der Waals surface area contributed by atoms with Crippen molar-refractivity contribution in [1.29, 1.82) is 0 Å². The minimum atomic E-state index is 0.0910. The van der Waals surface area contributed by atoms with Gasteiger partial charge < -0.3 is 10.1 Å². The fourth-order valence-corrected chi connectivity index (χ4v) is 2.56. The van der Waals surface area contributed by atoms with E-state index in [1.54, 1.807) is 0 Å². The topological polar surface area (TPSA) is 21.3 Å². The maximum Gasteiger partial charge on any atom is 0.0976 e. The van der Waals surface area contributed by atoms with Crippen LogP contribution in [0, 0.1) is 0 Å². The molecule has 94 valence electrons. The lowest BCUT2D eigenvalue weighted by Crippen LogP contribution is -2.56. The van der Waals surface area contributed by atoms with Crippen LogP contribution in [0.15, 0.2) is 24.3 Å². The summed E-state index contributed by atoms with van der Waals surface area (Å²) in [5.74, 6) is 0. The Hall–Kier alpha value is -0.570. The summed E-state index contributed by atoms with van der Waals surface area (Å²) in [4.78, 5) is 0. The van der Waals surface area contributed by atoms with Gasteiger partial charge in [-0.25, -0.2) is 0 Å². The average molecular weight is 254 g/mol. The molecule has 2 nitrogen and oxygen atoms in total. The molecule has 0 spiro atoms. The fraction of sp³-hybridized carbons (Fsp3) is 0.571. The largest absolute Gasteiger partial charge is 0.370 e. The molecule has 17 heavy (non-hydrogen) atoms. The molecule has 0 saturated carbocycles. The van der Waals surface area contributed by atoms with Crippen LogP contribution in [0.5, 0.6) is 0 Å². The molecule has 1 heterocycles. The summed E-state index contributed by atoms with van der Waals surface area (Å²) in [5.41, 5.74) is 1.24. The zero-order valence-corrected chi connectivity index (χ0v) is 11.4. The number of hydrogen-bond acceptors (Lipinski definition) is 2. The van der Waals surface area contributed by atoms with E-state index >= 15 is 0 Å². The molecule has 1 aromatic rings. The van der Waals surface area contributed by atoms with Crippen molar-refractivity contribution in [2.24, 2.45) is 0 Å². The van der Waals surface area contributed by atoms with Crippen LogP contribution in [0.4, 0.5) is 0 Å². The van der Waals surface area contributed by atoms with Crippen molar-refractivity contribution in [1.82, 2.24) is 5.32 Å². The number of nitrogens with one attached hydrogen (secondary N) is 1. The lowest BCUT2D eigenvalue weighted by Gasteiger charge is -2.42. The summed E-state index contributed by atoms with van der Waals surface area (Å²) in [6, 6.07) is 8.22. The van der Waals surface area contributed by atoms with Crippen molar-refractivity contribution in [2.75, 3.05) is 6.61 Å². The van der Waals surface area contributed by atoms with Crippen molar-refractivity contribution in [2.45, 2.75) is 44.9 Å². The maximum absolute atomic E-state index is 6.02. The number of benzene rings is 1. The lowest BCUT2D eigenvalue weighted by atomic mass is 9.92. The summed E-state index contributed by atoms with van der Waals surface area (Å²) in [6.07, 6.45) is 1.16. The first-order valence-corrected chi connectivity index (χ1v) is 6.56. The summed E-state index contributed by atoms with van der Waals surface area (Å²) in [7, 11) is 0. The highest BCUT2D eigenvalue weighted by Gasteiger charge is 2.35. The van der Waals surface area contributed by atoms with Gasteiger partial charge in [-0.2, -0.15) is 0 Å². The molecule has 1 aromatic carbocycles. The Morgan fingerprint density at radius 2 is 2.29 bits per heavy atom. The molecule has 1 N–H and O–H groups in total. The van der Waals surface area contributed by atoms with E-state index in [9.17, 15) is 0 Å². The van der Waals surface area contributed by atoms with Crippen molar-refractivity contribution < 1.29 is 4.74 Å². The molecule has 3 heteroatoms. The molecule has 1 fully saturated rings. The van der Waals surface area contributed by atoms with Crippen LogP contribution in [0.1, 0.15) is 38.9 Å². The van der Waals surface area contributed by atoms with Gasteiger partial charge in [0.05, 0.1) is 12.7 Å². The van der Waals surface area contributed by atoms with Gasteiger partial charge in [0, 0.05) is 16.6 Å². The predicted octanol–water partition coefficient (Wildman–Crippen LogP) is 3.56. The van der Waals surface area contributed by atoms with Gasteiger partial charge in [0.25, 0.3) is 0 Å². The molecule has 1 saturated heterocycles. The summed E-state index contributed by atoms with van der Waals surface area (Å²) in [5, 5.41) is 4.41. The van der Waals surface area contributed by atoms with E-state index in [-0.39, 0.29) is 11.6 Å². The first kappa shape index (κ1) is 12.9. The van der Waals surface area contributed by atoms with Gasteiger partial charge >= 0.3 is 0 Å². The molecule has 2 rings (SSSR count). The van der Waals surface area contributed by atoms with Crippen molar-refractivity contribution in [3.63, 3.8) is 0 Å².